The molecule has 0 spiro atoms. The summed E-state index contributed by atoms with van der Waals surface area (Å²) in [4.78, 5) is 2.22. The van der Waals surface area contributed by atoms with Crippen LogP contribution >= 0.6 is 15.9 Å². The van der Waals surface area contributed by atoms with Crippen LogP contribution in [0.15, 0.2) is 22.7 Å². The van der Waals surface area contributed by atoms with E-state index < -0.39 is 0 Å². The van der Waals surface area contributed by atoms with Crippen molar-refractivity contribution in [2.45, 2.75) is 44.4 Å². The Morgan fingerprint density at radius 3 is 2.74 bits per heavy atom. The van der Waals surface area contributed by atoms with Crippen molar-refractivity contribution in [2.75, 3.05) is 19.0 Å². The van der Waals surface area contributed by atoms with Crippen LogP contribution in [0.25, 0.3) is 0 Å². The van der Waals surface area contributed by atoms with E-state index in [1.807, 2.05) is 7.05 Å². The third-order valence-electron chi connectivity index (χ3n) is 3.96. The summed E-state index contributed by atoms with van der Waals surface area (Å²) >= 11 is 3.65. The van der Waals surface area contributed by atoms with Gasteiger partial charge in [-0.3, -0.25) is 0 Å². The van der Waals surface area contributed by atoms with E-state index in [4.69, 9.17) is 0 Å². The fraction of sp³-hybridized carbons (Fsp3) is 0.600. The highest BCUT2D eigenvalue weighted by atomic mass is 79.9. The van der Waals surface area contributed by atoms with Crippen molar-refractivity contribution < 1.29 is 5.11 Å². The van der Waals surface area contributed by atoms with E-state index in [1.165, 1.54) is 12.0 Å². The average Bonchev–Trinajstić information content (AvgIpc) is 2.39. The number of anilines is 1. The molecule has 1 aliphatic rings. The molecule has 0 bridgehead atoms. The third kappa shape index (κ3) is 3.50. The summed E-state index contributed by atoms with van der Waals surface area (Å²) < 4.78 is 1.10. The van der Waals surface area contributed by atoms with E-state index >= 15 is 0 Å². The van der Waals surface area contributed by atoms with Crippen LogP contribution in [0, 0.1) is 0 Å². The van der Waals surface area contributed by atoms with Gasteiger partial charge < -0.3 is 15.3 Å². The molecule has 1 aliphatic carbocycles. The van der Waals surface area contributed by atoms with Gasteiger partial charge in [-0.15, -0.1) is 0 Å². The molecule has 2 N–H and O–H groups in total. The summed E-state index contributed by atoms with van der Waals surface area (Å²) in [6, 6.07) is 6.66. The molecule has 0 aromatic heterocycles. The average molecular weight is 327 g/mol. The second-order valence-corrected chi connectivity index (χ2v) is 6.20. The quantitative estimate of drug-likeness (QED) is 0.893. The Bertz CT molecular complexity index is 425. The summed E-state index contributed by atoms with van der Waals surface area (Å²) in [5.74, 6) is 0. The van der Waals surface area contributed by atoms with E-state index in [2.05, 4.69) is 51.4 Å². The first-order valence-electron chi connectivity index (χ1n) is 6.97. The van der Waals surface area contributed by atoms with Gasteiger partial charge in [-0.05, 0) is 53.5 Å². The molecule has 1 aromatic carbocycles. The Balaban J connectivity index is 2.16. The number of likely N-dealkylation sites (N-methyl/N-ethyl adjacent to an activating group) is 1. The van der Waals surface area contributed by atoms with Gasteiger partial charge in [0, 0.05) is 18.1 Å². The molecular formula is C15H23BrN2O. The van der Waals surface area contributed by atoms with Crippen LogP contribution in [0.3, 0.4) is 0 Å². The number of benzene rings is 1. The standard InChI is InChI=1S/C15H23BrN2O/c1-17-10-11-7-8-13(12(16)9-11)18(2)14-5-3-4-6-15(14)19/h7-9,14-15,17,19H,3-6,10H2,1-2H3. The lowest BCUT2D eigenvalue weighted by molar-refractivity contribution is 0.106. The van der Waals surface area contributed by atoms with Crippen LogP contribution in [-0.2, 0) is 6.54 Å². The van der Waals surface area contributed by atoms with Crippen LogP contribution in [0.5, 0.6) is 0 Å². The molecule has 2 unspecified atom stereocenters. The topological polar surface area (TPSA) is 35.5 Å². The van der Waals surface area contributed by atoms with Crippen LogP contribution in [0.2, 0.25) is 0 Å². The molecule has 1 fully saturated rings. The Morgan fingerprint density at radius 1 is 1.37 bits per heavy atom. The van der Waals surface area contributed by atoms with Crippen molar-refractivity contribution in [1.29, 1.82) is 0 Å². The van der Waals surface area contributed by atoms with Gasteiger partial charge in [-0.25, -0.2) is 0 Å². The van der Waals surface area contributed by atoms with Gasteiger partial charge in [0.05, 0.1) is 17.8 Å². The summed E-state index contributed by atoms with van der Waals surface area (Å²) in [5.41, 5.74) is 2.42. The maximum absolute atomic E-state index is 10.2. The minimum absolute atomic E-state index is 0.206. The highest BCUT2D eigenvalue weighted by Crippen LogP contribution is 2.32. The zero-order valence-corrected chi connectivity index (χ0v) is 13.3. The van der Waals surface area contributed by atoms with Crippen LogP contribution in [0.1, 0.15) is 31.2 Å². The lowest BCUT2D eigenvalue weighted by Gasteiger charge is -2.37. The Hall–Kier alpha value is -0.580. The Morgan fingerprint density at radius 2 is 2.11 bits per heavy atom. The zero-order valence-electron chi connectivity index (χ0n) is 11.7. The molecule has 0 radical (unpaired) electrons. The largest absolute Gasteiger partial charge is 0.391 e. The first-order chi connectivity index (χ1) is 9.13. The van der Waals surface area contributed by atoms with Gasteiger partial charge in [-0.2, -0.15) is 0 Å². The number of aliphatic hydroxyl groups excluding tert-OH is 1. The van der Waals surface area contributed by atoms with Gasteiger partial charge in [-0.1, -0.05) is 18.9 Å². The molecular weight excluding hydrogens is 304 g/mol. The van der Waals surface area contributed by atoms with Crippen LogP contribution in [-0.4, -0.2) is 31.3 Å². The van der Waals surface area contributed by atoms with Crippen molar-refractivity contribution in [2.24, 2.45) is 0 Å². The minimum Gasteiger partial charge on any atom is -0.391 e. The second-order valence-electron chi connectivity index (χ2n) is 5.35. The summed E-state index contributed by atoms with van der Waals surface area (Å²) in [5, 5.41) is 13.3. The van der Waals surface area contributed by atoms with Crippen LogP contribution in [0.4, 0.5) is 5.69 Å². The third-order valence-corrected chi connectivity index (χ3v) is 4.60. The number of nitrogens with zero attached hydrogens (tertiary/aromatic N) is 1. The number of hydrogen-bond donors (Lipinski definition) is 2. The molecule has 2 rings (SSSR count). The maximum atomic E-state index is 10.2. The molecule has 0 heterocycles. The highest BCUT2D eigenvalue weighted by molar-refractivity contribution is 9.10. The molecule has 0 amide bonds. The normalized spacial score (nSPS) is 23.4. The first-order valence-corrected chi connectivity index (χ1v) is 7.76. The summed E-state index contributed by atoms with van der Waals surface area (Å²) in [7, 11) is 4.03. The number of rotatable bonds is 4. The molecule has 3 nitrogen and oxygen atoms in total. The first kappa shape index (κ1) is 14.8. The van der Waals surface area contributed by atoms with E-state index in [-0.39, 0.29) is 12.1 Å². The second kappa shape index (κ2) is 6.73. The van der Waals surface area contributed by atoms with E-state index in [0.29, 0.717) is 0 Å². The van der Waals surface area contributed by atoms with Crippen molar-refractivity contribution >= 4 is 21.6 Å². The fourth-order valence-electron chi connectivity index (χ4n) is 2.87. The summed E-state index contributed by atoms with van der Waals surface area (Å²) in [6.07, 6.45) is 4.14. The Kier molecular flexibility index (Phi) is 5.25. The number of nitrogens with one attached hydrogen (secondary N) is 1. The predicted octanol–water partition coefficient (Wildman–Crippen LogP) is 2.91. The zero-order chi connectivity index (χ0) is 13.8. The van der Waals surface area contributed by atoms with Crippen molar-refractivity contribution in [1.82, 2.24) is 5.32 Å². The van der Waals surface area contributed by atoms with Gasteiger partial charge in [0.15, 0.2) is 0 Å². The molecule has 106 valence electrons. The number of halogens is 1. The van der Waals surface area contributed by atoms with Crippen molar-refractivity contribution in [3.63, 3.8) is 0 Å². The SMILES string of the molecule is CNCc1ccc(N(C)C2CCCCC2O)c(Br)c1. The monoisotopic (exact) mass is 326 g/mol. The summed E-state index contributed by atoms with van der Waals surface area (Å²) in [6.45, 7) is 0.870. The molecule has 4 heteroatoms. The predicted molar refractivity (Wildman–Crippen MR) is 83.6 cm³/mol. The van der Waals surface area contributed by atoms with Gasteiger partial charge in [0.25, 0.3) is 0 Å². The van der Waals surface area contributed by atoms with E-state index in [0.717, 1.165) is 36.0 Å². The van der Waals surface area contributed by atoms with E-state index in [9.17, 15) is 5.11 Å². The van der Waals surface area contributed by atoms with Crippen molar-refractivity contribution in [3.05, 3.63) is 28.2 Å². The Labute approximate surface area is 124 Å². The molecule has 0 aliphatic heterocycles. The van der Waals surface area contributed by atoms with Crippen molar-refractivity contribution in [3.8, 4) is 0 Å². The van der Waals surface area contributed by atoms with Gasteiger partial charge >= 0.3 is 0 Å². The van der Waals surface area contributed by atoms with E-state index in [1.54, 1.807) is 0 Å². The number of aliphatic hydroxyl groups is 1. The highest BCUT2D eigenvalue weighted by Gasteiger charge is 2.27. The molecule has 2 atom stereocenters. The fourth-order valence-corrected chi connectivity index (χ4v) is 3.58. The molecule has 1 aromatic rings. The molecule has 1 saturated carbocycles. The molecule has 0 saturated heterocycles. The molecule has 19 heavy (non-hydrogen) atoms. The lowest BCUT2D eigenvalue weighted by Crippen LogP contribution is -2.43. The maximum Gasteiger partial charge on any atom is 0.0743 e. The smallest absolute Gasteiger partial charge is 0.0743 e. The lowest BCUT2D eigenvalue weighted by atomic mass is 9.91. The number of hydrogen-bond acceptors (Lipinski definition) is 3. The van der Waals surface area contributed by atoms with Gasteiger partial charge in [0.2, 0.25) is 0 Å². The van der Waals surface area contributed by atoms with Gasteiger partial charge in [0.1, 0.15) is 0 Å². The van der Waals surface area contributed by atoms with Crippen LogP contribution < -0.4 is 10.2 Å². The minimum atomic E-state index is -0.206.